The van der Waals surface area contributed by atoms with E-state index in [-0.39, 0.29) is 0 Å². The Morgan fingerprint density at radius 3 is 2.60 bits per heavy atom. The lowest BCUT2D eigenvalue weighted by atomic mass is 10.4. The molecule has 1 atom stereocenters. The molecule has 0 aliphatic heterocycles. The second-order valence-electron chi connectivity index (χ2n) is 2.36. The van der Waals surface area contributed by atoms with Crippen molar-refractivity contribution in [1.82, 2.24) is 4.68 Å². The first-order valence-corrected chi connectivity index (χ1v) is 3.42. The highest BCUT2D eigenvalue weighted by Crippen LogP contribution is 1.87. The van der Waals surface area contributed by atoms with Gasteiger partial charge in [0.05, 0.1) is 6.04 Å². The Hall–Kier alpha value is -0.960. The topological polar surface area (TPSA) is 43.0 Å². The molecular formula is C7H13N3. The smallest absolute Gasteiger partial charge is 0.0518 e. The second-order valence-corrected chi connectivity index (χ2v) is 2.36. The van der Waals surface area contributed by atoms with E-state index >= 15 is 0 Å². The molecular weight excluding hydrogens is 126 g/mol. The van der Waals surface area contributed by atoms with Crippen molar-refractivity contribution in [1.29, 1.82) is 0 Å². The van der Waals surface area contributed by atoms with Crippen LogP contribution < -0.4 is 11.2 Å². The van der Waals surface area contributed by atoms with Crippen LogP contribution in [0.2, 0.25) is 0 Å². The average Bonchev–Trinajstić information content (AvgIpc) is 2.40. The minimum atomic E-state index is 0.326. The van der Waals surface area contributed by atoms with Crippen LogP contribution in [-0.2, 0) is 0 Å². The molecule has 0 spiro atoms. The summed E-state index contributed by atoms with van der Waals surface area (Å²) >= 11 is 0. The number of rotatable bonds is 3. The third-order valence-corrected chi connectivity index (χ3v) is 1.33. The predicted molar refractivity (Wildman–Crippen MR) is 42.3 cm³/mol. The SMILES string of the molecule is CC(CN)Nn1cccc1. The number of nitrogens with zero attached hydrogens (tertiary/aromatic N) is 1. The van der Waals surface area contributed by atoms with E-state index in [0.717, 1.165) is 0 Å². The highest BCUT2D eigenvalue weighted by Gasteiger charge is 1.94. The van der Waals surface area contributed by atoms with Crippen LogP contribution in [0, 0.1) is 0 Å². The van der Waals surface area contributed by atoms with Gasteiger partial charge in [-0.25, -0.2) is 0 Å². The Balaban J connectivity index is 2.40. The summed E-state index contributed by atoms with van der Waals surface area (Å²) in [6, 6.07) is 4.26. The Kier molecular flexibility index (Phi) is 2.34. The predicted octanol–water partition coefficient (Wildman–Crippen LogP) is 0.379. The van der Waals surface area contributed by atoms with E-state index in [1.165, 1.54) is 0 Å². The van der Waals surface area contributed by atoms with E-state index in [4.69, 9.17) is 5.73 Å². The molecule has 0 amide bonds. The molecule has 0 saturated heterocycles. The fourth-order valence-corrected chi connectivity index (χ4v) is 0.728. The van der Waals surface area contributed by atoms with Gasteiger partial charge < -0.3 is 11.2 Å². The quantitative estimate of drug-likeness (QED) is 0.635. The Labute approximate surface area is 60.8 Å². The summed E-state index contributed by atoms with van der Waals surface area (Å²) in [5.74, 6) is 0. The third-order valence-electron chi connectivity index (χ3n) is 1.33. The molecule has 0 aromatic carbocycles. The largest absolute Gasteiger partial charge is 0.328 e. The van der Waals surface area contributed by atoms with E-state index in [1.807, 2.05) is 36.1 Å². The van der Waals surface area contributed by atoms with Gasteiger partial charge in [0.2, 0.25) is 0 Å². The molecule has 0 aliphatic rings. The molecule has 1 unspecified atom stereocenters. The number of hydrogen-bond acceptors (Lipinski definition) is 2. The summed E-state index contributed by atoms with van der Waals surface area (Å²) in [5.41, 5.74) is 8.58. The van der Waals surface area contributed by atoms with Crippen molar-refractivity contribution in [3.63, 3.8) is 0 Å². The molecule has 1 heterocycles. The Bertz CT molecular complexity index is 169. The van der Waals surface area contributed by atoms with E-state index in [9.17, 15) is 0 Å². The second kappa shape index (κ2) is 3.27. The molecule has 1 rings (SSSR count). The van der Waals surface area contributed by atoms with Gasteiger partial charge in [0.25, 0.3) is 0 Å². The molecule has 0 bridgehead atoms. The van der Waals surface area contributed by atoms with Gasteiger partial charge in [-0.1, -0.05) is 0 Å². The fraction of sp³-hybridized carbons (Fsp3) is 0.429. The van der Waals surface area contributed by atoms with Gasteiger partial charge in [-0.05, 0) is 19.1 Å². The van der Waals surface area contributed by atoms with Gasteiger partial charge in [-0.3, -0.25) is 4.68 Å². The normalized spacial score (nSPS) is 13.0. The van der Waals surface area contributed by atoms with Gasteiger partial charge in [0.15, 0.2) is 0 Å². The van der Waals surface area contributed by atoms with Crippen molar-refractivity contribution in [2.24, 2.45) is 5.73 Å². The molecule has 3 N–H and O–H groups in total. The minimum Gasteiger partial charge on any atom is -0.328 e. The van der Waals surface area contributed by atoms with Crippen molar-refractivity contribution in [2.45, 2.75) is 13.0 Å². The molecule has 1 aromatic rings. The summed E-state index contributed by atoms with van der Waals surface area (Å²) in [7, 11) is 0. The van der Waals surface area contributed by atoms with E-state index in [1.54, 1.807) is 0 Å². The summed E-state index contributed by atoms with van der Waals surface area (Å²) < 4.78 is 1.90. The summed E-state index contributed by atoms with van der Waals surface area (Å²) in [5, 5.41) is 0. The van der Waals surface area contributed by atoms with Crippen LogP contribution >= 0.6 is 0 Å². The summed E-state index contributed by atoms with van der Waals surface area (Å²) in [4.78, 5) is 0. The molecule has 3 heteroatoms. The van der Waals surface area contributed by atoms with Crippen molar-refractivity contribution in [2.75, 3.05) is 12.0 Å². The highest BCUT2D eigenvalue weighted by atomic mass is 15.4. The van der Waals surface area contributed by atoms with E-state index in [2.05, 4.69) is 5.43 Å². The zero-order chi connectivity index (χ0) is 7.40. The minimum absolute atomic E-state index is 0.326. The molecule has 0 fully saturated rings. The van der Waals surface area contributed by atoms with Gasteiger partial charge in [-0.2, -0.15) is 0 Å². The maximum atomic E-state index is 5.41. The third kappa shape index (κ3) is 1.77. The number of aromatic nitrogens is 1. The van der Waals surface area contributed by atoms with Crippen LogP contribution in [0.1, 0.15) is 6.92 Å². The zero-order valence-corrected chi connectivity index (χ0v) is 6.12. The Morgan fingerprint density at radius 2 is 2.10 bits per heavy atom. The maximum Gasteiger partial charge on any atom is 0.0518 e. The van der Waals surface area contributed by atoms with Crippen molar-refractivity contribution in [3.05, 3.63) is 24.5 Å². The molecule has 0 saturated carbocycles. The molecule has 10 heavy (non-hydrogen) atoms. The molecule has 0 aliphatic carbocycles. The zero-order valence-electron chi connectivity index (χ0n) is 6.12. The lowest BCUT2D eigenvalue weighted by Gasteiger charge is -2.12. The van der Waals surface area contributed by atoms with Crippen LogP contribution in [0.5, 0.6) is 0 Å². The van der Waals surface area contributed by atoms with Crippen molar-refractivity contribution in [3.8, 4) is 0 Å². The molecule has 56 valence electrons. The number of hydrogen-bond donors (Lipinski definition) is 2. The average molecular weight is 139 g/mol. The molecule has 3 nitrogen and oxygen atoms in total. The fourth-order valence-electron chi connectivity index (χ4n) is 0.728. The standard InChI is InChI=1S/C7H13N3/c1-7(6-8)9-10-4-2-3-5-10/h2-5,7,9H,6,8H2,1H3. The van der Waals surface area contributed by atoms with Crippen LogP contribution in [0.3, 0.4) is 0 Å². The lowest BCUT2D eigenvalue weighted by molar-refractivity contribution is 0.693. The summed E-state index contributed by atoms with van der Waals surface area (Å²) in [6.07, 6.45) is 3.90. The van der Waals surface area contributed by atoms with Gasteiger partial charge in [-0.15, -0.1) is 0 Å². The first-order valence-electron chi connectivity index (χ1n) is 3.42. The first-order chi connectivity index (χ1) is 4.83. The van der Waals surface area contributed by atoms with Gasteiger partial charge in [0.1, 0.15) is 0 Å². The maximum absolute atomic E-state index is 5.41. The number of nitrogens with one attached hydrogen (secondary N) is 1. The van der Waals surface area contributed by atoms with E-state index < -0.39 is 0 Å². The highest BCUT2D eigenvalue weighted by molar-refractivity contribution is 4.94. The molecule has 0 radical (unpaired) electrons. The monoisotopic (exact) mass is 139 g/mol. The van der Waals surface area contributed by atoms with Gasteiger partial charge >= 0.3 is 0 Å². The molecule has 1 aromatic heterocycles. The van der Waals surface area contributed by atoms with Crippen LogP contribution in [0.4, 0.5) is 0 Å². The van der Waals surface area contributed by atoms with Crippen molar-refractivity contribution >= 4 is 0 Å². The Morgan fingerprint density at radius 1 is 1.50 bits per heavy atom. The van der Waals surface area contributed by atoms with Crippen LogP contribution in [0.15, 0.2) is 24.5 Å². The number of nitrogens with two attached hydrogens (primary N) is 1. The summed E-state index contributed by atoms with van der Waals surface area (Å²) in [6.45, 7) is 2.69. The van der Waals surface area contributed by atoms with Crippen LogP contribution in [-0.4, -0.2) is 17.3 Å². The van der Waals surface area contributed by atoms with Gasteiger partial charge in [0, 0.05) is 18.9 Å². The van der Waals surface area contributed by atoms with Crippen LogP contribution in [0.25, 0.3) is 0 Å². The van der Waals surface area contributed by atoms with E-state index in [0.29, 0.717) is 12.6 Å². The lowest BCUT2D eigenvalue weighted by Crippen LogP contribution is -2.30. The first kappa shape index (κ1) is 7.15. The van der Waals surface area contributed by atoms with Crippen molar-refractivity contribution < 1.29 is 0 Å².